The van der Waals surface area contributed by atoms with Crippen LogP contribution >= 0.6 is 23.2 Å². The topological polar surface area (TPSA) is 49.4 Å². The Bertz CT molecular complexity index is 593. The van der Waals surface area contributed by atoms with E-state index >= 15 is 0 Å². The van der Waals surface area contributed by atoms with Crippen molar-refractivity contribution in [2.45, 2.75) is 72.0 Å². The molecule has 25 heavy (non-hydrogen) atoms. The number of hydrogen-bond acceptors (Lipinski definition) is 2. The average Bonchev–Trinajstić information content (AvgIpc) is 2.57. The van der Waals surface area contributed by atoms with Crippen molar-refractivity contribution >= 4 is 35.0 Å². The van der Waals surface area contributed by atoms with Crippen LogP contribution in [0.4, 0.5) is 0 Å². The number of rotatable bonds is 9. The lowest BCUT2D eigenvalue weighted by Crippen LogP contribution is -2.50. The van der Waals surface area contributed by atoms with Gasteiger partial charge in [0.05, 0.1) is 10.0 Å². The van der Waals surface area contributed by atoms with Gasteiger partial charge in [-0.15, -0.1) is 0 Å². The maximum atomic E-state index is 12.7. The lowest BCUT2D eigenvalue weighted by molar-refractivity contribution is -0.141. The lowest BCUT2D eigenvalue weighted by atomic mass is 10.1. The first-order valence-electron chi connectivity index (χ1n) is 8.87. The van der Waals surface area contributed by atoms with Crippen LogP contribution in [-0.4, -0.2) is 28.8 Å². The molecule has 6 heteroatoms. The number of halogens is 2. The Labute approximate surface area is 160 Å². The van der Waals surface area contributed by atoms with Gasteiger partial charge in [0, 0.05) is 19.0 Å². The largest absolute Gasteiger partial charge is 0.352 e. The number of nitrogens with zero attached hydrogens (tertiary/aromatic N) is 1. The smallest absolute Gasteiger partial charge is 0.243 e. The van der Waals surface area contributed by atoms with Crippen LogP contribution in [0.3, 0.4) is 0 Å². The fourth-order valence-electron chi connectivity index (χ4n) is 2.55. The van der Waals surface area contributed by atoms with E-state index in [0.717, 1.165) is 18.4 Å². The minimum Gasteiger partial charge on any atom is -0.352 e. The Morgan fingerprint density at radius 1 is 1.12 bits per heavy atom. The molecule has 1 rings (SSSR count). The Kier molecular flexibility index (Phi) is 9.30. The lowest BCUT2D eigenvalue weighted by Gasteiger charge is -2.31. The average molecular weight is 387 g/mol. The van der Waals surface area contributed by atoms with Crippen LogP contribution in [0.1, 0.15) is 58.9 Å². The van der Waals surface area contributed by atoms with Crippen LogP contribution < -0.4 is 5.32 Å². The molecule has 1 N–H and O–H groups in total. The molecule has 0 bridgehead atoms. The summed E-state index contributed by atoms with van der Waals surface area (Å²) in [6, 6.07) is 4.87. The van der Waals surface area contributed by atoms with E-state index in [1.165, 1.54) is 0 Å². The third-order valence-corrected chi connectivity index (χ3v) is 4.93. The van der Waals surface area contributed by atoms with Gasteiger partial charge in [-0.2, -0.15) is 0 Å². The van der Waals surface area contributed by atoms with Crippen LogP contribution in [-0.2, 0) is 16.1 Å². The first-order chi connectivity index (χ1) is 11.8. The summed E-state index contributed by atoms with van der Waals surface area (Å²) in [4.78, 5) is 27.0. The molecule has 0 saturated heterocycles. The SMILES string of the molecule is CCCC(=O)N(Cc1ccc(Cl)c(Cl)c1)C(CC)C(=O)NC(C)CC. The summed E-state index contributed by atoms with van der Waals surface area (Å²) in [5.74, 6) is -0.138. The molecule has 0 aliphatic carbocycles. The van der Waals surface area contributed by atoms with Crippen molar-refractivity contribution in [2.75, 3.05) is 0 Å². The normalized spacial score (nSPS) is 13.2. The van der Waals surface area contributed by atoms with Crippen molar-refractivity contribution in [3.05, 3.63) is 33.8 Å². The molecule has 2 atom stereocenters. The fourth-order valence-corrected chi connectivity index (χ4v) is 2.87. The van der Waals surface area contributed by atoms with E-state index in [2.05, 4.69) is 5.32 Å². The number of hydrogen-bond donors (Lipinski definition) is 1. The highest BCUT2D eigenvalue weighted by molar-refractivity contribution is 6.42. The van der Waals surface area contributed by atoms with Gasteiger partial charge in [-0.1, -0.05) is 50.0 Å². The molecule has 0 aromatic heterocycles. The van der Waals surface area contributed by atoms with Gasteiger partial charge >= 0.3 is 0 Å². The molecule has 1 aromatic carbocycles. The molecule has 0 radical (unpaired) electrons. The zero-order valence-corrected chi connectivity index (χ0v) is 17.0. The zero-order valence-electron chi connectivity index (χ0n) is 15.4. The molecule has 0 heterocycles. The van der Waals surface area contributed by atoms with E-state index in [4.69, 9.17) is 23.2 Å². The Balaban J connectivity index is 3.05. The van der Waals surface area contributed by atoms with Crippen molar-refractivity contribution < 1.29 is 9.59 Å². The number of nitrogens with one attached hydrogen (secondary N) is 1. The Morgan fingerprint density at radius 3 is 2.32 bits per heavy atom. The monoisotopic (exact) mass is 386 g/mol. The van der Waals surface area contributed by atoms with E-state index in [0.29, 0.717) is 29.4 Å². The molecular formula is C19H28Cl2N2O2. The first kappa shape index (κ1) is 21.8. The van der Waals surface area contributed by atoms with Crippen LogP contribution in [0.15, 0.2) is 18.2 Å². The summed E-state index contributed by atoms with van der Waals surface area (Å²) >= 11 is 12.1. The predicted molar refractivity (Wildman–Crippen MR) is 104 cm³/mol. The number of amides is 2. The van der Waals surface area contributed by atoms with Gasteiger partial charge in [0.2, 0.25) is 11.8 Å². The van der Waals surface area contributed by atoms with Crippen molar-refractivity contribution in [3.8, 4) is 0 Å². The first-order valence-corrected chi connectivity index (χ1v) is 9.63. The molecule has 0 saturated carbocycles. The molecule has 2 amide bonds. The molecule has 0 spiro atoms. The summed E-state index contributed by atoms with van der Waals surface area (Å²) in [6.07, 6.45) is 2.55. The maximum Gasteiger partial charge on any atom is 0.243 e. The summed E-state index contributed by atoms with van der Waals surface area (Å²) in [6.45, 7) is 8.18. The zero-order chi connectivity index (χ0) is 19.0. The van der Waals surface area contributed by atoms with E-state index in [9.17, 15) is 9.59 Å². The van der Waals surface area contributed by atoms with E-state index in [1.807, 2.05) is 33.8 Å². The van der Waals surface area contributed by atoms with Crippen molar-refractivity contribution in [3.63, 3.8) is 0 Å². The summed E-state index contributed by atoms with van der Waals surface area (Å²) < 4.78 is 0. The molecule has 140 valence electrons. The molecular weight excluding hydrogens is 359 g/mol. The molecule has 0 aliphatic rings. The van der Waals surface area contributed by atoms with Gasteiger partial charge in [0.25, 0.3) is 0 Å². The minimum absolute atomic E-state index is 0.0280. The summed E-state index contributed by atoms with van der Waals surface area (Å²) in [7, 11) is 0. The van der Waals surface area contributed by atoms with Crippen LogP contribution in [0.5, 0.6) is 0 Å². The van der Waals surface area contributed by atoms with Crippen LogP contribution in [0, 0.1) is 0 Å². The van der Waals surface area contributed by atoms with Crippen molar-refractivity contribution in [2.24, 2.45) is 0 Å². The third-order valence-electron chi connectivity index (χ3n) is 4.19. The molecule has 0 fully saturated rings. The standard InChI is InChI=1S/C19H28Cl2N2O2/c1-5-8-18(24)23(12-14-9-10-15(20)16(21)11-14)17(7-3)19(25)22-13(4)6-2/h9-11,13,17H,5-8,12H2,1-4H3,(H,22,25). The highest BCUT2D eigenvalue weighted by Crippen LogP contribution is 2.24. The molecule has 2 unspecified atom stereocenters. The van der Waals surface area contributed by atoms with Gasteiger partial charge < -0.3 is 10.2 Å². The number of carbonyl (C=O) groups is 2. The van der Waals surface area contributed by atoms with Crippen molar-refractivity contribution in [1.29, 1.82) is 0 Å². The maximum absolute atomic E-state index is 12.7. The molecule has 0 aliphatic heterocycles. The van der Waals surface area contributed by atoms with Gasteiger partial charge in [-0.05, 0) is 43.9 Å². The molecule has 1 aromatic rings. The third kappa shape index (κ3) is 6.52. The second-order valence-electron chi connectivity index (χ2n) is 6.26. The number of carbonyl (C=O) groups excluding carboxylic acids is 2. The van der Waals surface area contributed by atoms with E-state index in [-0.39, 0.29) is 17.9 Å². The van der Waals surface area contributed by atoms with Crippen LogP contribution in [0.25, 0.3) is 0 Å². The summed E-state index contributed by atoms with van der Waals surface area (Å²) in [5.41, 5.74) is 0.855. The summed E-state index contributed by atoms with van der Waals surface area (Å²) in [5, 5.41) is 3.90. The van der Waals surface area contributed by atoms with Gasteiger partial charge in [-0.25, -0.2) is 0 Å². The fraction of sp³-hybridized carbons (Fsp3) is 0.579. The van der Waals surface area contributed by atoms with Gasteiger partial charge in [-0.3, -0.25) is 9.59 Å². The number of benzene rings is 1. The Hall–Kier alpha value is -1.26. The van der Waals surface area contributed by atoms with E-state index in [1.54, 1.807) is 17.0 Å². The Morgan fingerprint density at radius 2 is 1.80 bits per heavy atom. The van der Waals surface area contributed by atoms with Gasteiger partial charge in [0.1, 0.15) is 6.04 Å². The van der Waals surface area contributed by atoms with E-state index < -0.39 is 6.04 Å². The highest BCUT2D eigenvalue weighted by atomic mass is 35.5. The van der Waals surface area contributed by atoms with Crippen LogP contribution in [0.2, 0.25) is 10.0 Å². The predicted octanol–water partition coefficient (Wildman–Crippen LogP) is 4.82. The van der Waals surface area contributed by atoms with Crippen molar-refractivity contribution in [1.82, 2.24) is 10.2 Å². The second-order valence-corrected chi connectivity index (χ2v) is 7.08. The highest BCUT2D eigenvalue weighted by Gasteiger charge is 2.28. The van der Waals surface area contributed by atoms with Gasteiger partial charge in [0.15, 0.2) is 0 Å². The quantitative estimate of drug-likeness (QED) is 0.661. The molecule has 4 nitrogen and oxygen atoms in total. The minimum atomic E-state index is -0.498. The second kappa shape index (κ2) is 10.7.